The zero-order chi connectivity index (χ0) is 18.8. The number of nitrogens with one attached hydrogen (secondary N) is 1. The molecule has 1 fully saturated rings. The van der Waals surface area contributed by atoms with E-state index >= 15 is 0 Å². The number of para-hydroxylation sites is 1. The summed E-state index contributed by atoms with van der Waals surface area (Å²) in [6.45, 7) is 7.17. The number of anilines is 3. The Kier molecular flexibility index (Phi) is 4.81. The van der Waals surface area contributed by atoms with Crippen LogP contribution >= 0.6 is 0 Å². The number of fused-ring (bicyclic) bond motifs is 1. The highest BCUT2D eigenvalue weighted by molar-refractivity contribution is 5.86. The normalized spacial score (nSPS) is 16.6. The summed E-state index contributed by atoms with van der Waals surface area (Å²) >= 11 is 0. The highest BCUT2D eigenvalue weighted by Gasteiger charge is 2.21. The van der Waals surface area contributed by atoms with Crippen molar-refractivity contribution < 1.29 is 0 Å². The third-order valence-electron chi connectivity index (χ3n) is 5.24. The second-order valence-corrected chi connectivity index (χ2v) is 7.03. The molecule has 0 bridgehead atoms. The first kappa shape index (κ1) is 17.5. The molecule has 1 unspecified atom stereocenters. The van der Waals surface area contributed by atoms with E-state index in [1.54, 1.807) is 10.9 Å². The first-order chi connectivity index (χ1) is 13.1. The second kappa shape index (κ2) is 7.40. The van der Waals surface area contributed by atoms with Crippen molar-refractivity contribution in [2.75, 3.05) is 48.7 Å². The predicted molar refractivity (Wildman–Crippen MR) is 109 cm³/mol. The van der Waals surface area contributed by atoms with Crippen LogP contribution in [0.5, 0.6) is 0 Å². The minimum Gasteiger partial charge on any atom is -0.383 e. The van der Waals surface area contributed by atoms with Crippen LogP contribution in [0.1, 0.15) is 6.92 Å². The number of piperazine rings is 1. The Morgan fingerprint density at radius 2 is 1.85 bits per heavy atom. The zero-order valence-corrected chi connectivity index (χ0v) is 15.8. The van der Waals surface area contributed by atoms with Gasteiger partial charge >= 0.3 is 0 Å². The minimum atomic E-state index is 0.384. The van der Waals surface area contributed by atoms with Crippen LogP contribution in [-0.2, 0) is 7.05 Å². The Hall–Kier alpha value is -2.87. The summed E-state index contributed by atoms with van der Waals surface area (Å²) in [7, 11) is 1.85. The molecular weight excluding hydrogens is 340 g/mol. The van der Waals surface area contributed by atoms with E-state index < -0.39 is 0 Å². The van der Waals surface area contributed by atoms with Crippen LogP contribution in [0, 0.1) is 0 Å². The van der Waals surface area contributed by atoms with Gasteiger partial charge in [-0.1, -0.05) is 18.2 Å². The Morgan fingerprint density at radius 3 is 2.59 bits per heavy atom. The third-order valence-corrected chi connectivity index (χ3v) is 5.24. The molecule has 1 atom stereocenters. The molecule has 8 nitrogen and oxygen atoms in total. The van der Waals surface area contributed by atoms with Gasteiger partial charge in [0.2, 0.25) is 5.95 Å². The lowest BCUT2D eigenvalue weighted by molar-refractivity contribution is 0.204. The van der Waals surface area contributed by atoms with Crippen LogP contribution in [0.2, 0.25) is 0 Å². The topological polar surface area (TPSA) is 88.1 Å². The maximum Gasteiger partial charge on any atom is 0.226 e. The molecule has 142 valence electrons. The van der Waals surface area contributed by atoms with Crippen molar-refractivity contribution in [2.45, 2.75) is 13.0 Å². The van der Waals surface area contributed by atoms with E-state index in [2.05, 4.69) is 67.4 Å². The van der Waals surface area contributed by atoms with Crippen molar-refractivity contribution >= 4 is 28.5 Å². The summed E-state index contributed by atoms with van der Waals surface area (Å²) in [5.41, 5.74) is 8.08. The van der Waals surface area contributed by atoms with Crippen molar-refractivity contribution in [2.24, 2.45) is 7.05 Å². The number of nitrogens with two attached hydrogens (primary N) is 1. The first-order valence-electron chi connectivity index (χ1n) is 9.35. The average Bonchev–Trinajstić information content (AvgIpc) is 3.08. The van der Waals surface area contributed by atoms with Crippen LogP contribution in [-0.4, -0.2) is 63.4 Å². The lowest BCUT2D eigenvalue weighted by atomic mass is 10.2. The molecule has 1 aromatic carbocycles. The maximum absolute atomic E-state index is 6.03. The predicted octanol–water partition coefficient (Wildman–Crippen LogP) is 1.57. The van der Waals surface area contributed by atoms with E-state index in [9.17, 15) is 0 Å². The molecule has 0 amide bonds. The van der Waals surface area contributed by atoms with Crippen LogP contribution < -0.4 is 16.0 Å². The highest BCUT2D eigenvalue weighted by atomic mass is 15.3. The Bertz CT molecular complexity index is 899. The molecule has 1 saturated heterocycles. The lowest BCUT2D eigenvalue weighted by Crippen LogP contribution is -2.51. The Labute approximate surface area is 159 Å². The number of hydrogen-bond donors (Lipinski definition) is 2. The molecule has 0 spiro atoms. The van der Waals surface area contributed by atoms with E-state index in [-0.39, 0.29) is 0 Å². The van der Waals surface area contributed by atoms with Crippen LogP contribution in [0.15, 0.2) is 36.5 Å². The Morgan fingerprint density at radius 1 is 1.11 bits per heavy atom. The summed E-state index contributed by atoms with van der Waals surface area (Å²) in [5, 5.41) is 8.31. The number of aromatic nitrogens is 4. The monoisotopic (exact) mass is 366 g/mol. The van der Waals surface area contributed by atoms with Crippen LogP contribution in [0.25, 0.3) is 11.0 Å². The molecule has 0 radical (unpaired) electrons. The van der Waals surface area contributed by atoms with Gasteiger partial charge < -0.3 is 16.0 Å². The molecular formula is C19H26N8. The van der Waals surface area contributed by atoms with E-state index in [1.165, 1.54) is 5.69 Å². The molecule has 1 aliphatic heterocycles. The molecule has 3 N–H and O–H groups in total. The van der Waals surface area contributed by atoms with E-state index in [0.717, 1.165) is 43.8 Å². The third kappa shape index (κ3) is 3.66. The summed E-state index contributed by atoms with van der Waals surface area (Å²) in [5.74, 6) is 1.01. The summed E-state index contributed by atoms with van der Waals surface area (Å²) in [6, 6.07) is 11.0. The average molecular weight is 366 g/mol. The minimum absolute atomic E-state index is 0.384. The number of hydrogen-bond acceptors (Lipinski definition) is 7. The largest absolute Gasteiger partial charge is 0.383 e. The van der Waals surface area contributed by atoms with Gasteiger partial charge in [-0.15, -0.1) is 0 Å². The number of rotatable bonds is 5. The van der Waals surface area contributed by atoms with Gasteiger partial charge in [-0.25, -0.2) is 0 Å². The number of aryl methyl sites for hydroxylation is 1. The summed E-state index contributed by atoms with van der Waals surface area (Å²) < 4.78 is 1.71. The van der Waals surface area contributed by atoms with E-state index in [1.807, 2.05) is 7.05 Å². The molecule has 2 aromatic heterocycles. The van der Waals surface area contributed by atoms with Gasteiger partial charge in [-0.3, -0.25) is 9.58 Å². The van der Waals surface area contributed by atoms with Gasteiger partial charge in [0.05, 0.1) is 11.6 Å². The number of benzene rings is 1. The fourth-order valence-corrected chi connectivity index (χ4v) is 3.55. The molecule has 0 saturated carbocycles. The smallest absolute Gasteiger partial charge is 0.226 e. The van der Waals surface area contributed by atoms with Crippen molar-refractivity contribution in [3.05, 3.63) is 36.5 Å². The fraction of sp³-hybridized carbons (Fsp3) is 0.421. The van der Waals surface area contributed by atoms with Crippen LogP contribution in [0.4, 0.5) is 17.5 Å². The van der Waals surface area contributed by atoms with Crippen molar-refractivity contribution in [3.8, 4) is 0 Å². The Balaban J connectivity index is 1.34. The molecule has 27 heavy (non-hydrogen) atoms. The van der Waals surface area contributed by atoms with Crippen molar-refractivity contribution in [1.82, 2.24) is 24.6 Å². The van der Waals surface area contributed by atoms with E-state index in [0.29, 0.717) is 17.8 Å². The van der Waals surface area contributed by atoms with Gasteiger partial charge in [-0.05, 0) is 19.1 Å². The lowest BCUT2D eigenvalue weighted by Gasteiger charge is -2.39. The molecule has 1 aliphatic rings. The molecule has 3 heterocycles. The summed E-state index contributed by atoms with van der Waals surface area (Å²) in [4.78, 5) is 13.8. The number of nitrogen functional groups attached to an aromatic ring is 1. The van der Waals surface area contributed by atoms with Crippen LogP contribution in [0.3, 0.4) is 0 Å². The van der Waals surface area contributed by atoms with Crippen molar-refractivity contribution in [1.29, 1.82) is 0 Å². The standard InChI is InChI=1S/C19H26N8/c1-14(26-8-10-27(11-9-26)15-6-4-3-5-7-15)12-21-19-23-17(20)16-13-22-25(2)18(16)24-19/h3-7,13-14H,8-12H2,1-2H3,(H3,20,21,23,24). The van der Waals surface area contributed by atoms with E-state index in [4.69, 9.17) is 5.73 Å². The fourth-order valence-electron chi connectivity index (χ4n) is 3.55. The molecule has 4 rings (SSSR count). The van der Waals surface area contributed by atoms with Gasteiger partial charge in [-0.2, -0.15) is 15.1 Å². The SMILES string of the molecule is CC(CNc1nc(N)c2cnn(C)c2n1)N1CCN(c2ccccc2)CC1. The second-order valence-electron chi connectivity index (χ2n) is 7.03. The summed E-state index contributed by atoms with van der Waals surface area (Å²) in [6.07, 6.45) is 1.70. The quantitative estimate of drug-likeness (QED) is 0.708. The molecule has 0 aliphatic carbocycles. The maximum atomic E-state index is 6.03. The van der Waals surface area contributed by atoms with Gasteiger partial charge in [0.1, 0.15) is 5.82 Å². The van der Waals surface area contributed by atoms with Crippen molar-refractivity contribution in [3.63, 3.8) is 0 Å². The van der Waals surface area contributed by atoms with Gasteiger partial charge in [0.15, 0.2) is 5.65 Å². The molecule has 8 heteroatoms. The number of nitrogens with zero attached hydrogens (tertiary/aromatic N) is 6. The van der Waals surface area contributed by atoms with Gasteiger partial charge in [0.25, 0.3) is 0 Å². The molecule has 3 aromatic rings. The first-order valence-corrected chi connectivity index (χ1v) is 9.35. The zero-order valence-electron chi connectivity index (χ0n) is 15.8. The highest BCUT2D eigenvalue weighted by Crippen LogP contribution is 2.19. The van der Waals surface area contributed by atoms with Gasteiger partial charge in [0, 0.05) is 51.5 Å².